The van der Waals surface area contributed by atoms with Gasteiger partial charge < -0.3 is 14.2 Å². The van der Waals surface area contributed by atoms with Crippen molar-refractivity contribution in [3.63, 3.8) is 0 Å². The van der Waals surface area contributed by atoms with E-state index < -0.39 is 0 Å². The Hall–Kier alpha value is -2.87. The average molecular weight is 443 g/mol. The molecule has 0 bridgehead atoms. The van der Waals surface area contributed by atoms with Crippen LogP contribution in [0.2, 0.25) is 0 Å². The third-order valence-corrected chi connectivity index (χ3v) is 5.17. The number of carbonyl (C=O) groups is 1. The fraction of sp³-hybridized carbons (Fsp3) is 0.250. The molecular formula is C20H19BrN4O3. The summed E-state index contributed by atoms with van der Waals surface area (Å²) in [7, 11) is 0. The molecule has 2 aromatic heterocycles. The third kappa shape index (κ3) is 3.73. The van der Waals surface area contributed by atoms with Gasteiger partial charge in [0, 0.05) is 32.2 Å². The van der Waals surface area contributed by atoms with Gasteiger partial charge in [0.25, 0.3) is 11.5 Å². The molecule has 0 radical (unpaired) electrons. The number of furan rings is 1. The lowest BCUT2D eigenvalue weighted by molar-refractivity contribution is 0.0713. The quantitative estimate of drug-likeness (QED) is 0.623. The van der Waals surface area contributed by atoms with E-state index >= 15 is 0 Å². The molecule has 1 aliphatic rings. The maximum absolute atomic E-state index is 12.5. The van der Waals surface area contributed by atoms with Gasteiger partial charge >= 0.3 is 0 Å². The van der Waals surface area contributed by atoms with Crippen molar-refractivity contribution in [1.29, 1.82) is 0 Å². The largest absolute Gasteiger partial charge is 0.444 e. The first-order valence-electron chi connectivity index (χ1n) is 8.98. The summed E-state index contributed by atoms with van der Waals surface area (Å²) in [6.07, 6.45) is 0. The number of piperazine rings is 1. The summed E-state index contributed by atoms with van der Waals surface area (Å²) in [4.78, 5) is 28.6. The van der Waals surface area contributed by atoms with Gasteiger partial charge in [-0.15, -0.1) is 5.10 Å². The molecule has 8 heteroatoms. The molecule has 0 spiro atoms. The Bertz CT molecular complexity index is 1050. The topological polar surface area (TPSA) is 71.6 Å². The predicted octanol–water partition coefficient (Wildman–Crippen LogP) is 2.86. The lowest BCUT2D eigenvalue weighted by atomic mass is 10.2. The summed E-state index contributed by atoms with van der Waals surface area (Å²) in [5.41, 5.74) is 1.68. The number of benzene rings is 1. The molecule has 0 unspecified atom stereocenters. The monoisotopic (exact) mass is 442 g/mol. The summed E-state index contributed by atoms with van der Waals surface area (Å²) in [5, 5.41) is 4.53. The highest BCUT2D eigenvalue weighted by molar-refractivity contribution is 9.10. The number of aromatic nitrogens is 2. The highest BCUT2D eigenvalue weighted by atomic mass is 79.9. The van der Waals surface area contributed by atoms with Crippen LogP contribution in [0.15, 0.2) is 62.4 Å². The molecule has 3 aromatic rings. The van der Waals surface area contributed by atoms with Gasteiger partial charge in [0.1, 0.15) is 5.82 Å². The first kappa shape index (κ1) is 18.5. The number of carbonyl (C=O) groups excluding carboxylic acids is 1. The minimum atomic E-state index is -0.176. The average Bonchev–Trinajstić information content (AvgIpc) is 3.15. The molecule has 1 aromatic carbocycles. The van der Waals surface area contributed by atoms with E-state index in [0.29, 0.717) is 42.4 Å². The number of amides is 1. The van der Waals surface area contributed by atoms with Gasteiger partial charge in [0.15, 0.2) is 10.4 Å². The Morgan fingerprint density at radius 2 is 1.71 bits per heavy atom. The second-order valence-electron chi connectivity index (χ2n) is 6.66. The molecule has 0 N–H and O–H groups in total. The lowest BCUT2D eigenvalue weighted by Crippen LogP contribution is -2.49. The molecule has 0 saturated carbocycles. The summed E-state index contributed by atoms with van der Waals surface area (Å²) >= 11 is 3.22. The van der Waals surface area contributed by atoms with Crippen molar-refractivity contribution in [2.45, 2.75) is 6.92 Å². The van der Waals surface area contributed by atoms with E-state index in [9.17, 15) is 9.59 Å². The first-order valence-corrected chi connectivity index (χ1v) is 9.77. The number of nitrogens with zero attached hydrogens (tertiary/aromatic N) is 4. The van der Waals surface area contributed by atoms with Crippen LogP contribution < -0.4 is 10.5 Å². The Balaban J connectivity index is 1.49. The van der Waals surface area contributed by atoms with Crippen LogP contribution in [-0.2, 0) is 0 Å². The van der Waals surface area contributed by atoms with E-state index in [1.807, 2.05) is 31.2 Å². The van der Waals surface area contributed by atoms with Crippen molar-refractivity contribution in [2.75, 3.05) is 31.1 Å². The van der Waals surface area contributed by atoms with Crippen molar-refractivity contribution in [3.8, 4) is 5.69 Å². The SMILES string of the molecule is Cc1ccc(-n2nc(N3CCN(C(=O)c4ccc(Br)o4)CC3)ccc2=O)cc1. The molecule has 144 valence electrons. The van der Waals surface area contributed by atoms with Gasteiger partial charge in [-0.05, 0) is 53.2 Å². The Morgan fingerprint density at radius 3 is 2.36 bits per heavy atom. The van der Waals surface area contributed by atoms with E-state index in [1.165, 1.54) is 10.7 Å². The number of hydrogen-bond acceptors (Lipinski definition) is 5. The minimum absolute atomic E-state index is 0.122. The highest BCUT2D eigenvalue weighted by Gasteiger charge is 2.25. The number of rotatable bonds is 3. The van der Waals surface area contributed by atoms with Gasteiger partial charge in [-0.25, -0.2) is 0 Å². The Kier molecular flexibility index (Phi) is 5.04. The lowest BCUT2D eigenvalue weighted by Gasteiger charge is -2.35. The van der Waals surface area contributed by atoms with Crippen LogP contribution in [-0.4, -0.2) is 46.8 Å². The number of anilines is 1. The standard InChI is InChI=1S/C20H19BrN4O3/c1-14-2-4-15(5-3-14)25-19(26)9-8-18(22-25)23-10-12-24(13-11-23)20(27)16-6-7-17(21)28-16/h2-9H,10-13H2,1H3. The molecule has 0 aliphatic carbocycles. The van der Waals surface area contributed by atoms with Crippen LogP contribution >= 0.6 is 15.9 Å². The molecule has 3 heterocycles. The molecule has 1 saturated heterocycles. The van der Waals surface area contributed by atoms with Crippen molar-refractivity contribution < 1.29 is 9.21 Å². The molecule has 28 heavy (non-hydrogen) atoms. The van der Waals surface area contributed by atoms with Crippen molar-refractivity contribution >= 4 is 27.7 Å². The highest BCUT2D eigenvalue weighted by Crippen LogP contribution is 2.18. The van der Waals surface area contributed by atoms with Crippen LogP contribution in [0.4, 0.5) is 5.82 Å². The summed E-state index contributed by atoms with van der Waals surface area (Å²) in [6, 6.07) is 14.3. The van der Waals surface area contributed by atoms with Crippen molar-refractivity contribution in [2.24, 2.45) is 0 Å². The van der Waals surface area contributed by atoms with Crippen LogP contribution in [0.1, 0.15) is 16.1 Å². The number of aryl methyl sites for hydroxylation is 1. The normalized spacial score (nSPS) is 14.4. The maximum Gasteiger partial charge on any atom is 0.289 e. The zero-order valence-electron chi connectivity index (χ0n) is 15.3. The maximum atomic E-state index is 12.5. The summed E-state index contributed by atoms with van der Waals surface area (Å²) < 4.78 is 7.31. The smallest absolute Gasteiger partial charge is 0.289 e. The van der Waals surface area contributed by atoms with E-state index in [0.717, 1.165) is 11.3 Å². The zero-order chi connectivity index (χ0) is 19.7. The zero-order valence-corrected chi connectivity index (χ0v) is 16.9. The molecule has 0 atom stereocenters. The molecule has 1 aliphatic heterocycles. The molecule has 1 amide bonds. The van der Waals surface area contributed by atoms with Gasteiger partial charge in [-0.2, -0.15) is 4.68 Å². The van der Waals surface area contributed by atoms with E-state index in [2.05, 4.69) is 25.9 Å². The molecular weight excluding hydrogens is 424 g/mol. The Morgan fingerprint density at radius 1 is 1.00 bits per heavy atom. The minimum Gasteiger partial charge on any atom is -0.444 e. The Labute approximate surface area is 170 Å². The van der Waals surface area contributed by atoms with E-state index in [1.54, 1.807) is 23.1 Å². The van der Waals surface area contributed by atoms with Gasteiger partial charge in [-0.3, -0.25) is 9.59 Å². The van der Waals surface area contributed by atoms with Gasteiger partial charge in [0.2, 0.25) is 0 Å². The van der Waals surface area contributed by atoms with Crippen molar-refractivity contribution in [1.82, 2.24) is 14.7 Å². The van der Waals surface area contributed by atoms with Crippen LogP contribution in [0.5, 0.6) is 0 Å². The van der Waals surface area contributed by atoms with E-state index in [-0.39, 0.29) is 11.5 Å². The fourth-order valence-electron chi connectivity index (χ4n) is 3.16. The second-order valence-corrected chi connectivity index (χ2v) is 7.44. The van der Waals surface area contributed by atoms with Crippen LogP contribution in [0, 0.1) is 6.92 Å². The van der Waals surface area contributed by atoms with E-state index in [4.69, 9.17) is 4.42 Å². The third-order valence-electron chi connectivity index (χ3n) is 4.74. The summed E-state index contributed by atoms with van der Waals surface area (Å²) in [6.45, 7) is 4.38. The number of halogens is 1. The summed E-state index contributed by atoms with van der Waals surface area (Å²) in [5.74, 6) is 0.919. The van der Waals surface area contributed by atoms with Gasteiger partial charge in [-0.1, -0.05) is 17.7 Å². The number of hydrogen-bond donors (Lipinski definition) is 0. The molecule has 7 nitrogen and oxygen atoms in total. The van der Waals surface area contributed by atoms with Crippen molar-refractivity contribution in [3.05, 3.63) is 74.9 Å². The fourth-order valence-corrected chi connectivity index (χ4v) is 3.47. The van der Waals surface area contributed by atoms with Gasteiger partial charge in [0.05, 0.1) is 5.69 Å². The van der Waals surface area contributed by atoms with Crippen LogP contribution in [0.3, 0.4) is 0 Å². The van der Waals surface area contributed by atoms with Crippen LogP contribution in [0.25, 0.3) is 5.69 Å². The molecule has 1 fully saturated rings. The first-order chi connectivity index (χ1) is 13.5. The predicted molar refractivity (Wildman–Crippen MR) is 109 cm³/mol. The second kappa shape index (κ2) is 7.63. The molecule has 4 rings (SSSR count).